The molecule has 13 heavy (non-hydrogen) atoms. The van der Waals surface area contributed by atoms with E-state index in [9.17, 15) is 9.00 Å². The Balaban J connectivity index is 2.67. The standard InChI is InChI=1S/C9H16O3S/c1-3-4-5-9(8(10)11)6-13(12)7(9)2/h7H,3-6H2,1-2H3,(H,10,11). The number of carbonyl (C=O) groups is 1. The van der Waals surface area contributed by atoms with Gasteiger partial charge in [-0.05, 0) is 13.3 Å². The van der Waals surface area contributed by atoms with Crippen LogP contribution in [0.15, 0.2) is 0 Å². The Kier molecular flexibility index (Phi) is 3.11. The lowest BCUT2D eigenvalue weighted by molar-refractivity contribution is -0.149. The molecule has 0 aromatic heterocycles. The summed E-state index contributed by atoms with van der Waals surface area (Å²) in [6, 6.07) is 0. The molecule has 4 heteroatoms. The van der Waals surface area contributed by atoms with Crippen LogP contribution in [0, 0.1) is 5.41 Å². The van der Waals surface area contributed by atoms with Crippen LogP contribution in [0.2, 0.25) is 0 Å². The van der Waals surface area contributed by atoms with E-state index in [1.807, 2.05) is 6.92 Å². The van der Waals surface area contributed by atoms with Gasteiger partial charge in [0.25, 0.3) is 0 Å². The molecule has 3 unspecified atom stereocenters. The maximum atomic E-state index is 11.2. The van der Waals surface area contributed by atoms with E-state index in [-0.39, 0.29) is 5.25 Å². The first-order chi connectivity index (χ1) is 6.04. The number of aliphatic carboxylic acids is 1. The molecule has 0 saturated carbocycles. The van der Waals surface area contributed by atoms with E-state index < -0.39 is 22.2 Å². The number of hydrogen-bond donors (Lipinski definition) is 1. The van der Waals surface area contributed by atoms with Crippen LogP contribution in [-0.4, -0.2) is 26.3 Å². The second-order valence-electron chi connectivity index (χ2n) is 3.73. The molecule has 1 fully saturated rings. The zero-order chi connectivity index (χ0) is 10.1. The van der Waals surface area contributed by atoms with Crippen LogP contribution >= 0.6 is 0 Å². The van der Waals surface area contributed by atoms with Crippen LogP contribution < -0.4 is 0 Å². The third kappa shape index (κ3) is 1.64. The lowest BCUT2D eigenvalue weighted by atomic mass is 9.80. The molecule has 1 aliphatic heterocycles. The second kappa shape index (κ2) is 3.78. The molecule has 0 aliphatic carbocycles. The van der Waals surface area contributed by atoms with E-state index in [1.165, 1.54) is 0 Å². The van der Waals surface area contributed by atoms with E-state index in [0.29, 0.717) is 12.2 Å². The van der Waals surface area contributed by atoms with Crippen molar-refractivity contribution in [3.05, 3.63) is 0 Å². The molecule has 0 radical (unpaired) electrons. The molecule has 1 heterocycles. The lowest BCUT2D eigenvalue weighted by Crippen LogP contribution is -2.57. The van der Waals surface area contributed by atoms with Gasteiger partial charge in [0.15, 0.2) is 0 Å². The van der Waals surface area contributed by atoms with Gasteiger partial charge < -0.3 is 5.11 Å². The van der Waals surface area contributed by atoms with E-state index in [2.05, 4.69) is 0 Å². The fourth-order valence-corrected chi connectivity index (χ4v) is 3.54. The molecule has 1 saturated heterocycles. The lowest BCUT2D eigenvalue weighted by Gasteiger charge is -2.43. The summed E-state index contributed by atoms with van der Waals surface area (Å²) in [6.45, 7) is 3.82. The molecule has 3 atom stereocenters. The zero-order valence-electron chi connectivity index (χ0n) is 8.08. The molecule has 0 aromatic carbocycles. The van der Waals surface area contributed by atoms with E-state index >= 15 is 0 Å². The fraction of sp³-hybridized carbons (Fsp3) is 0.889. The van der Waals surface area contributed by atoms with E-state index in [1.54, 1.807) is 6.92 Å². The summed E-state index contributed by atoms with van der Waals surface area (Å²) in [7, 11) is -0.911. The minimum atomic E-state index is -0.911. The Morgan fingerprint density at radius 2 is 2.31 bits per heavy atom. The topological polar surface area (TPSA) is 54.4 Å². The zero-order valence-corrected chi connectivity index (χ0v) is 8.89. The summed E-state index contributed by atoms with van der Waals surface area (Å²) in [5.41, 5.74) is -0.680. The summed E-state index contributed by atoms with van der Waals surface area (Å²) in [5, 5.41) is 8.89. The first-order valence-corrected chi connectivity index (χ1v) is 6.03. The molecule has 0 bridgehead atoms. The summed E-state index contributed by atoms with van der Waals surface area (Å²) >= 11 is 0. The highest BCUT2D eigenvalue weighted by Crippen LogP contribution is 2.42. The predicted molar refractivity (Wildman–Crippen MR) is 52.1 cm³/mol. The smallest absolute Gasteiger partial charge is 0.311 e. The second-order valence-corrected chi connectivity index (χ2v) is 5.49. The van der Waals surface area contributed by atoms with Crippen molar-refractivity contribution < 1.29 is 14.1 Å². The number of rotatable bonds is 4. The van der Waals surface area contributed by atoms with Crippen LogP contribution in [0.3, 0.4) is 0 Å². The molecule has 1 N–H and O–H groups in total. The molecular formula is C9H16O3S. The summed E-state index contributed by atoms with van der Waals surface area (Å²) in [5.74, 6) is -0.420. The minimum Gasteiger partial charge on any atom is -0.481 e. The van der Waals surface area contributed by atoms with Gasteiger partial charge in [0.1, 0.15) is 0 Å². The maximum Gasteiger partial charge on any atom is 0.311 e. The average Bonchev–Trinajstić information content (AvgIpc) is 2.10. The molecular weight excluding hydrogens is 188 g/mol. The van der Waals surface area contributed by atoms with Crippen molar-refractivity contribution in [2.75, 3.05) is 5.75 Å². The molecule has 1 aliphatic rings. The van der Waals surface area contributed by atoms with Crippen LogP contribution in [-0.2, 0) is 15.6 Å². The molecule has 3 nitrogen and oxygen atoms in total. The highest BCUT2D eigenvalue weighted by atomic mass is 32.2. The Morgan fingerprint density at radius 1 is 1.69 bits per heavy atom. The van der Waals surface area contributed by atoms with Crippen LogP contribution in [0.5, 0.6) is 0 Å². The summed E-state index contributed by atoms with van der Waals surface area (Å²) in [4.78, 5) is 11.0. The van der Waals surface area contributed by atoms with Crippen LogP contribution in [0.1, 0.15) is 33.1 Å². The highest BCUT2D eigenvalue weighted by Gasteiger charge is 2.55. The van der Waals surface area contributed by atoms with Crippen molar-refractivity contribution in [2.24, 2.45) is 5.41 Å². The third-order valence-electron chi connectivity index (χ3n) is 2.97. The first kappa shape index (κ1) is 10.7. The van der Waals surface area contributed by atoms with Gasteiger partial charge >= 0.3 is 5.97 Å². The van der Waals surface area contributed by atoms with E-state index in [0.717, 1.165) is 12.8 Å². The van der Waals surface area contributed by atoms with Gasteiger partial charge in [-0.15, -0.1) is 0 Å². The van der Waals surface area contributed by atoms with Crippen molar-refractivity contribution in [1.29, 1.82) is 0 Å². The Labute approximate surface area is 81.0 Å². The van der Waals surface area contributed by atoms with Crippen molar-refractivity contribution in [3.8, 4) is 0 Å². The van der Waals surface area contributed by atoms with Gasteiger partial charge in [-0.25, -0.2) is 0 Å². The Morgan fingerprint density at radius 3 is 2.62 bits per heavy atom. The van der Waals surface area contributed by atoms with Crippen molar-refractivity contribution in [2.45, 2.75) is 38.4 Å². The van der Waals surface area contributed by atoms with Gasteiger partial charge in [-0.1, -0.05) is 19.8 Å². The van der Waals surface area contributed by atoms with E-state index in [4.69, 9.17) is 5.11 Å². The van der Waals surface area contributed by atoms with Crippen molar-refractivity contribution in [1.82, 2.24) is 0 Å². The van der Waals surface area contributed by atoms with Gasteiger partial charge in [-0.2, -0.15) is 0 Å². The Bertz CT molecular complexity index is 239. The normalized spacial score (nSPS) is 38.3. The largest absolute Gasteiger partial charge is 0.481 e. The number of hydrogen-bond acceptors (Lipinski definition) is 2. The first-order valence-electron chi connectivity index (χ1n) is 4.65. The summed E-state index contributed by atoms with van der Waals surface area (Å²) in [6.07, 6.45) is 2.58. The maximum absolute atomic E-state index is 11.2. The van der Waals surface area contributed by atoms with Gasteiger partial charge in [0.2, 0.25) is 0 Å². The number of unbranched alkanes of at least 4 members (excludes halogenated alkanes) is 1. The number of carboxylic acid groups (broad SMARTS) is 1. The SMILES string of the molecule is CCCCC1(C(=O)O)CS(=O)C1C. The van der Waals surface area contributed by atoms with Gasteiger partial charge in [0, 0.05) is 21.8 Å². The molecule has 0 spiro atoms. The summed E-state index contributed by atoms with van der Waals surface area (Å²) < 4.78 is 11.2. The monoisotopic (exact) mass is 204 g/mol. The minimum absolute atomic E-state index is 0.170. The molecule has 0 amide bonds. The number of carboxylic acids is 1. The molecule has 1 rings (SSSR count). The van der Waals surface area contributed by atoms with Crippen molar-refractivity contribution >= 4 is 16.8 Å². The van der Waals surface area contributed by atoms with Crippen LogP contribution in [0.4, 0.5) is 0 Å². The molecule has 0 aromatic rings. The average molecular weight is 204 g/mol. The van der Waals surface area contributed by atoms with Gasteiger partial charge in [0.05, 0.1) is 5.41 Å². The van der Waals surface area contributed by atoms with Crippen LogP contribution in [0.25, 0.3) is 0 Å². The molecule has 76 valence electrons. The predicted octanol–water partition coefficient (Wildman–Crippen LogP) is 1.40. The van der Waals surface area contributed by atoms with Gasteiger partial charge in [-0.3, -0.25) is 9.00 Å². The highest BCUT2D eigenvalue weighted by molar-refractivity contribution is 7.87. The third-order valence-corrected chi connectivity index (χ3v) is 5.01. The quantitative estimate of drug-likeness (QED) is 0.753. The Hall–Kier alpha value is -0.380. The fourth-order valence-electron chi connectivity index (χ4n) is 1.76. The van der Waals surface area contributed by atoms with Crippen molar-refractivity contribution in [3.63, 3.8) is 0 Å².